The van der Waals surface area contributed by atoms with Crippen molar-refractivity contribution >= 4 is 28.4 Å². The van der Waals surface area contributed by atoms with Gasteiger partial charge >= 0.3 is 5.69 Å². The molecule has 9 heteroatoms. The minimum Gasteiger partial charge on any atom is -0.248 e. The van der Waals surface area contributed by atoms with Crippen LogP contribution in [-0.4, -0.2) is 34.9 Å². The number of fused-ring (bicyclic) bond motifs is 2. The standard InChI is InChI=1S/C47H44N9/c1-5-43-41(29-34-19-23-38(24-20-34)50-45(36-13-8-6-9-14-36)37-15-10-7-11-16-37)47-51-40(28-33(4)56(47)53-43)17-12-18-44-42(30-35-21-25-39(52-48)26-22-35)46-49-31(2)27-32(3)55(46)54-44/h6-11,13-16,19-28H,5,12,17-18,29-30H2,1-4H3/q+1. The van der Waals surface area contributed by atoms with E-state index in [-0.39, 0.29) is 0 Å². The molecule has 0 bridgehead atoms. The number of diazo groups is 1. The Hall–Kier alpha value is -6.79. The van der Waals surface area contributed by atoms with Crippen molar-refractivity contribution in [2.45, 2.75) is 66.2 Å². The van der Waals surface area contributed by atoms with Crippen LogP contribution in [0.5, 0.6) is 0 Å². The molecular formula is C47H44N9+. The molecule has 0 unspecified atom stereocenters. The summed E-state index contributed by atoms with van der Waals surface area (Å²) in [4.78, 5) is 18.6. The van der Waals surface area contributed by atoms with Gasteiger partial charge in [0, 0.05) is 70.0 Å². The lowest BCUT2D eigenvalue weighted by atomic mass is 10.0. The Labute approximate surface area is 327 Å². The first-order valence-corrected chi connectivity index (χ1v) is 19.3. The van der Waals surface area contributed by atoms with E-state index in [1.165, 1.54) is 11.1 Å². The number of hydrogen-bond acceptors (Lipinski definition) is 6. The molecule has 0 saturated heterocycles. The predicted octanol–water partition coefficient (Wildman–Crippen LogP) is 10.3. The summed E-state index contributed by atoms with van der Waals surface area (Å²) >= 11 is 0. The summed E-state index contributed by atoms with van der Waals surface area (Å²) < 4.78 is 3.98. The van der Waals surface area contributed by atoms with Gasteiger partial charge in [0.1, 0.15) is 0 Å². The van der Waals surface area contributed by atoms with Gasteiger partial charge in [-0.2, -0.15) is 10.2 Å². The lowest BCUT2D eigenvalue weighted by Crippen LogP contribution is -2.03. The molecule has 8 aromatic rings. The van der Waals surface area contributed by atoms with Crippen LogP contribution in [-0.2, 0) is 32.1 Å². The van der Waals surface area contributed by atoms with E-state index in [0.29, 0.717) is 12.1 Å². The van der Waals surface area contributed by atoms with Crippen molar-refractivity contribution in [2.75, 3.05) is 0 Å². The van der Waals surface area contributed by atoms with Crippen LogP contribution >= 0.6 is 0 Å². The Balaban J connectivity index is 1.04. The second-order valence-electron chi connectivity index (χ2n) is 14.4. The summed E-state index contributed by atoms with van der Waals surface area (Å²) in [5.74, 6) is 0. The zero-order valence-electron chi connectivity index (χ0n) is 32.3. The van der Waals surface area contributed by atoms with Crippen LogP contribution in [0.2, 0.25) is 0 Å². The summed E-state index contributed by atoms with van der Waals surface area (Å²) in [5, 5.41) is 19.3. The molecule has 4 heterocycles. The highest BCUT2D eigenvalue weighted by Gasteiger charge is 2.19. The summed E-state index contributed by atoms with van der Waals surface area (Å²) in [6.45, 7) is 8.38. The third-order valence-electron chi connectivity index (χ3n) is 10.3. The largest absolute Gasteiger partial charge is 0.385 e. The van der Waals surface area contributed by atoms with Gasteiger partial charge in [-0.1, -0.05) is 91.9 Å². The van der Waals surface area contributed by atoms with Crippen molar-refractivity contribution in [1.29, 1.82) is 5.39 Å². The van der Waals surface area contributed by atoms with Gasteiger partial charge in [0.15, 0.2) is 16.3 Å². The molecule has 0 amide bonds. The van der Waals surface area contributed by atoms with E-state index in [0.717, 1.165) is 111 Å². The normalized spacial score (nSPS) is 11.3. The van der Waals surface area contributed by atoms with E-state index >= 15 is 0 Å². The highest BCUT2D eigenvalue weighted by atomic mass is 15.3. The van der Waals surface area contributed by atoms with Crippen molar-refractivity contribution in [2.24, 2.45) is 4.99 Å². The number of hydrogen-bond donors (Lipinski definition) is 0. The van der Waals surface area contributed by atoms with Crippen molar-refractivity contribution < 1.29 is 0 Å². The van der Waals surface area contributed by atoms with Crippen LogP contribution in [0.4, 0.5) is 11.4 Å². The summed E-state index contributed by atoms with van der Waals surface area (Å²) in [6.07, 6.45) is 4.75. The van der Waals surface area contributed by atoms with Crippen molar-refractivity contribution in [3.8, 4) is 0 Å². The number of aromatic nitrogens is 6. The Morgan fingerprint density at radius 2 is 1.20 bits per heavy atom. The quantitative estimate of drug-likeness (QED) is 0.0919. The number of aliphatic imine (C=N–C) groups is 1. The number of rotatable bonds is 12. The second kappa shape index (κ2) is 15.9. The molecule has 4 aromatic heterocycles. The molecule has 276 valence electrons. The van der Waals surface area contributed by atoms with Crippen LogP contribution in [0.15, 0.2) is 126 Å². The van der Waals surface area contributed by atoms with Crippen molar-refractivity contribution in [1.82, 2.24) is 29.2 Å². The third kappa shape index (κ3) is 7.59. The first-order valence-electron chi connectivity index (χ1n) is 19.3. The number of benzene rings is 4. The molecule has 0 saturated carbocycles. The monoisotopic (exact) mass is 734 g/mol. The fourth-order valence-electron chi connectivity index (χ4n) is 7.53. The molecule has 0 N–H and O–H groups in total. The molecule has 0 atom stereocenters. The average molecular weight is 735 g/mol. The Morgan fingerprint density at radius 1 is 0.643 bits per heavy atom. The molecule has 4 aromatic carbocycles. The van der Waals surface area contributed by atoms with Gasteiger partial charge in [-0.25, -0.2) is 24.0 Å². The maximum absolute atomic E-state index is 9.18. The maximum atomic E-state index is 9.18. The number of aryl methyl sites for hydroxylation is 6. The van der Waals surface area contributed by atoms with Crippen LogP contribution in [0.25, 0.3) is 16.3 Å². The molecule has 0 fully saturated rings. The minimum absolute atomic E-state index is 0.533. The van der Waals surface area contributed by atoms with E-state index in [9.17, 15) is 5.39 Å². The first kappa shape index (κ1) is 36.2. The molecule has 8 rings (SSSR count). The second-order valence-corrected chi connectivity index (χ2v) is 14.4. The summed E-state index contributed by atoms with van der Waals surface area (Å²) in [6, 6.07) is 41.1. The van der Waals surface area contributed by atoms with Gasteiger partial charge < -0.3 is 0 Å². The van der Waals surface area contributed by atoms with Gasteiger partial charge in [0.05, 0.1) is 22.8 Å². The summed E-state index contributed by atoms with van der Waals surface area (Å²) in [5.41, 5.74) is 17.3. The lowest BCUT2D eigenvalue weighted by molar-refractivity contribution is 0.749. The zero-order valence-corrected chi connectivity index (χ0v) is 32.3. The van der Waals surface area contributed by atoms with Crippen LogP contribution in [0.1, 0.15) is 80.9 Å². The Kier molecular flexibility index (Phi) is 10.3. The molecule has 0 radical (unpaired) electrons. The lowest BCUT2D eigenvalue weighted by Gasteiger charge is -2.09. The fraction of sp³-hybridized carbons (Fsp3) is 0.213. The minimum atomic E-state index is 0.533. The van der Waals surface area contributed by atoms with Crippen LogP contribution in [0.3, 0.4) is 0 Å². The Morgan fingerprint density at radius 3 is 1.80 bits per heavy atom. The maximum Gasteiger partial charge on any atom is 0.385 e. The SMILES string of the molecule is CCc1nn2c(C)cc(CCCc3nn4c(C)cc(C)nc4c3Cc3ccc([N+]#N)cc3)nc2c1Cc1ccc(N=C(c2ccccc2)c2ccccc2)cc1. The predicted molar refractivity (Wildman–Crippen MR) is 223 cm³/mol. The summed E-state index contributed by atoms with van der Waals surface area (Å²) in [7, 11) is 0. The van der Waals surface area contributed by atoms with Crippen LogP contribution in [0, 0.1) is 26.2 Å². The van der Waals surface area contributed by atoms with Crippen LogP contribution < -0.4 is 0 Å². The van der Waals surface area contributed by atoms with E-state index in [2.05, 4.69) is 111 Å². The molecule has 0 spiro atoms. The van der Waals surface area contributed by atoms with E-state index in [1.807, 2.05) is 52.4 Å². The average Bonchev–Trinajstić information content (AvgIpc) is 3.76. The van der Waals surface area contributed by atoms with Crippen molar-refractivity contribution in [3.05, 3.63) is 194 Å². The van der Waals surface area contributed by atoms with Gasteiger partial charge in [-0.15, -0.1) is 0 Å². The van der Waals surface area contributed by atoms with E-state index in [1.54, 1.807) is 0 Å². The fourth-order valence-corrected chi connectivity index (χ4v) is 7.53. The molecule has 0 aliphatic heterocycles. The van der Waals surface area contributed by atoms with E-state index in [4.69, 9.17) is 25.2 Å². The highest BCUT2D eigenvalue weighted by Crippen LogP contribution is 2.26. The van der Waals surface area contributed by atoms with Gasteiger partial charge in [-0.05, 0) is 81.8 Å². The van der Waals surface area contributed by atoms with Gasteiger partial charge in [0.2, 0.25) is 5.39 Å². The zero-order chi connectivity index (χ0) is 38.6. The van der Waals surface area contributed by atoms with E-state index < -0.39 is 0 Å². The molecular weight excluding hydrogens is 691 g/mol. The Bertz CT molecular complexity index is 2680. The topological polar surface area (TPSA) is 101 Å². The smallest absolute Gasteiger partial charge is 0.248 e. The van der Waals surface area contributed by atoms with Gasteiger partial charge in [0.25, 0.3) is 0 Å². The highest BCUT2D eigenvalue weighted by molar-refractivity contribution is 6.13. The third-order valence-corrected chi connectivity index (χ3v) is 10.3. The number of nitrogens with zero attached hydrogens (tertiary/aromatic N) is 9. The van der Waals surface area contributed by atoms with Crippen molar-refractivity contribution in [3.63, 3.8) is 0 Å². The molecule has 56 heavy (non-hydrogen) atoms. The first-order chi connectivity index (χ1) is 27.4. The van der Waals surface area contributed by atoms with Gasteiger partial charge in [-0.3, -0.25) is 0 Å². The molecule has 0 aliphatic rings. The molecule has 9 nitrogen and oxygen atoms in total. The molecule has 0 aliphatic carbocycles.